The second-order valence-electron chi connectivity index (χ2n) is 7.41. The minimum Gasteiger partial charge on any atom is -0.487 e. The van der Waals surface area contributed by atoms with E-state index in [0.717, 1.165) is 5.39 Å². The molecule has 8 heteroatoms. The Morgan fingerprint density at radius 2 is 2.00 bits per heavy atom. The zero-order valence-corrected chi connectivity index (χ0v) is 18.3. The van der Waals surface area contributed by atoms with Crippen LogP contribution in [0.1, 0.15) is 17.5 Å². The molecule has 2 heterocycles. The molecule has 0 saturated heterocycles. The summed E-state index contributed by atoms with van der Waals surface area (Å²) in [6, 6.07) is 20.0. The van der Waals surface area contributed by atoms with E-state index in [9.17, 15) is 9.18 Å². The third-order valence-electron chi connectivity index (χ3n) is 5.10. The summed E-state index contributed by atoms with van der Waals surface area (Å²) in [5.74, 6) is 1.12. The molecule has 2 aromatic heterocycles. The van der Waals surface area contributed by atoms with Gasteiger partial charge in [-0.3, -0.25) is 4.79 Å². The van der Waals surface area contributed by atoms with Gasteiger partial charge in [-0.1, -0.05) is 23.7 Å². The number of nitrogens with one attached hydrogen (secondary N) is 1. The fourth-order valence-electron chi connectivity index (χ4n) is 3.48. The molecule has 34 heavy (non-hydrogen) atoms. The van der Waals surface area contributed by atoms with Crippen molar-refractivity contribution in [2.75, 3.05) is 5.32 Å². The van der Waals surface area contributed by atoms with Crippen LogP contribution in [0.2, 0.25) is 5.02 Å². The normalized spacial score (nSPS) is 11.3. The van der Waals surface area contributed by atoms with Crippen molar-refractivity contribution in [3.05, 3.63) is 101 Å². The Hall–Kier alpha value is -4.23. The number of hydrogen-bond donors (Lipinski definition) is 1. The van der Waals surface area contributed by atoms with Gasteiger partial charge in [0.05, 0.1) is 10.5 Å². The summed E-state index contributed by atoms with van der Waals surface area (Å²) < 4.78 is 31.8. The van der Waals surface area contributed by atoms with Gasteiger partial charge in [-0.05, 0) is 66.2 Å². The first-order valence-corrected chi connectivity index (χ1v) is 10.6. The topological polar surface area (TPSA) is 77.2 Å². The monoisotopic (exact) mass is 474 g/mol. The highest BCUT2D eigenvalue weighted by atomic mass is 35.5. The molecular formula is C26H17ClFN3O3. The Morgan fingerprint density at radius 1 is 1.09 bits per heavy atom. The highest BCUT2D eigenvalue weighted by Crippen LogP contribution is 2.32. The van der Waals surface area contributed by atoms with Crippen LogP contribution in [0.15, 0.2) is 83.5 Å². The summed E-state index contributed by atoms with van der Waals surface area (Å²) in [5.41, 5.74) is 2.79. The van der Waals surface area contributed by atoms with Crippen molar-refractivity contribution >= 4 is 40.3 Å². The number of fused-ring (bicyclic) bond motifs is 1. The van der Waals surface area contributed by atoms with E-state index in [2.05, 4.69) is 15.3 Å². The van der Waals surface area contributed by atoms with E-state index < -0.39 is 6.26 Å². The highest BCUT2D eigenvalue weighted by molar-refractivity contribution is 6.32. The van der Waals surface area contributed by atoms with Gasteiger partial charge in [-0.2, -0.15) is 0 Å². The number of rotatable bonds is 7. The maximum Gasteiger partial charge on any atom is 0.185 e. The lowest BCUT2D eigenvalue weighted by molar-refractivity contribution is 0.110. The largest absolute Gasteiger partial charge is 0.487 e. The summed E-state index contributed by atoms with van der Waals surface area (Å²) in [5, 5.41) is 4.35. The number of carbonyl (C=O) groups excluding carboxylic acids is 1. The summed E-state index contributed by atoms with van der Waals surface area (Å²) in [7, 11) is 0. The van der Waals surface area contributed by atoms with Gasteiger partial charge >= 0.3 is 0 Å². The first-order valence-electron chi connectivity index (χ1n) is 10.8. The average Bonchev–Trinajstić information content (AvgIpc) is 3.35. The lowest BCUT2D eigenvalue weighted by atomic mass is 10.1. The van der Waals surface area contributed by atoms with Gasteiger partial charge in [0.2, 0.25) is 0 Å². The second-order valence-corrected chi connectivity index (χ2v) is 7.82. The molecule has 0 radical (unpaired) electrons. The molecule has 0 aliphatic carbocycles. The van der Waals surface area contributed by atoms with E-state index in [0.29, 0.717) is 44.7 Å². The number of nitrogens with zero attached hydrogens (tertiary/aromatic N) is 2. The number of benzene rings is 3. The number of aromatic nitrogens is 2. The maximum atomic E-state index is 13.4. The molecule has 1 N–H and O–H groups in total. The number of aldehydes is 1. The van der Waals surface area contributed by atoms with E-state index in [1.807, 2.05) is 18.2 Å². The van der Waals surface area contributed by atoms with Crippen LogP contribution in [0.5, 0.6) is 5.75 Å². The third kappa shape index (κ3) is 4.60. The molecule has 0 aliphatic heterocycles. The third-order valence-corrected chi connectivity index (χ3v) is 5.40. The van der Waals surface area contributed by atoms with Crippen LogP contribution in [0.3, 0.4) is 0 Å². The Bertz CT molecular complexity index is 1560. The molecule has 3 aromatic carbocycles. The zero-order chi connectivity index (χ0) is 24.4. The molecule has 0 unspecified atom stereocenters. The average molecular weight is 475 g/mol. The number of anilines is 2. The van der Waals surface area contributed by atoms with Gasteiger partial charge in [0.1, 0.15) is 37.4 Å². The number of halogens is 2. The van der Waals surface area contributed by atoms with Crippen LogP contribution in [-0.4, -0.2) is 16.2 Å². The molecule has 0 aliphatic rings. The molecule has 6 nitrogen and oxygen atoms in total. The van der Waals surface area contributed by atoms with Crippen LogP contribution in [0.25, 0.3) is 22.2 Å². The molecule has 168 valence electrons. The number of ether oxygens (including phenoxy) is 1. The number of furan rings is 1. The number of hydrogen-bond acceptors (Lipinski definition) is 6. The fourth-order valence-corrected chi connectivity index (χ4v) is 3.71. The minimum atomic E-state index is -0.886. The standard InChI is InChI=1S/C26H17ClFN3O3/c27-22-12-19(5-8-25(22)33-14-16-2-1-3-18(28)10-16)31-26-21-11-17(4-7-23(21)29-15-30-26)24-9-6-20(13-32)34-24/h1-13,15H,14H2,(H,29,30,31)/i13D. The van der Waals surface area contributed by atoms with Gasteiger partial charge in [0.25, 0.3) is 0 Å². The van der Waals surface area contributed by atoms with Crippen molar-refractivity contribution in [1.82, 2.24) is 9.97 Å². The summed E-state index contributed by atoms with van der Waals surface area (Å²) >= 11 is 6.42. The Kier molecular flexibility index (Phi) is 5.59. The van der Waals surface area contributed by atoms with Crippen LogP contribution < -0.4 is 10.1 Å². The van der Waals surface area contributed by atoms with Gasteiger partial charge in [0, 0.05) is 16.6 Å². The predicted octanol–water partition coefficient (Wildman–Crippen LogP) is 6.82. The van der Waals surface area contributed by atoms with Crippen LogP contribution >= 0.6 is 11.6 Å². The van der Waals surface area contributed by atoms with Crippen molar-refractivity contribution in [3.8, 4) is 17.1 Å². The number of carbonyl (C=O) groups is 1. The van der Waals surface area contributed by atoms with Crippen LogP contribution in [0.4, 0.5) is 15.9 Å². The molecule has 5 aromatic rings. The summed E-state index contributed by atoms with van der Waals surface area (Å²) in [6.07, 6.45) is 0.564. The molecular weight excluding hydrogens is 457 g/mol. The van der Waals surface area contributed by atoms with Gasteiger partial charge in [-0.25, -0.2) is 14.4 Å². The Morgan fingerprint density at radius 3 is 2.79 bits per heavy atom. The molecule has 0 amide bonds. The van der Waals surface area contributed by atoms with E-state index in [1.165, 1.54) is 24.5 Å². The first kappa shape index (κ1) is 20.4. The van der Waals surface area contributed by atoms with Crippen molar-refractivity contribution in [2.45, 2.75) is 6.61 Å². The van der Waals surface area contributed by atoms with Gasteiger partial charge in [0.15, 0.2) is 12.0 Å². The predicted molar refractivity (Wildman–Crippen MR) is 128 cm³/mol. The van der Waals surface area contributed by atoms with Crippen LogP contribution in [0, 0.1) is 5.82 Å². The van der Waals surface area contributed by atoms with E-state index in [4.69, 9.17) is 22.1 Å². The van der Waals surface area contributed by atoms with Crippen molar-refractivity contribution in [2.24, 2.45) is 0 Å². The molecule has 0 atom stereocenters. The molecule has 0 spiro atoms. The Balaban J connectivity index is 1.38. The van der Waals surface area contributed by atoms with E-state index in [1.54, 1.807) is 36.4 Å². The van der Waals surface area contributed by atoms with Crippen molar-refractivity contribution in [3.63, 3.8) is 0 Å². The van der Waals surface area contributed by atoms with E-state index in [-0.39, 0.29) is 18.2 Å². The fraction of sp³-hybridized carbons (Fsp3) is 0.0385. The molecule has 0 bridgehead atoms. The quantitative estimate of drug-likeness (QED) is 0.261. The minimum absolute atomic E-state index is 0.0305. The lowest BCUT2D eigenvalue weighted by Gasteiger charge is -2.12. The molecule has 0 fully saturated rings. The zero-order valence-electron chi connectivity index (χ0n) is 18.6. The summed E-state index contributed by atoms with van der Waals surface area (Å²) in [6.45, 7) is 0.184. The highest BCUT2D eigenvalue weighted by Gasteiger charge is 2.11. The Labute approximate surface area is 200 Å². The van der Waals surface area contributed by atoms with E-state index >= 15 is 0 Å². The second kappa shape index (κ2) is 9.33. The van der Waals surface area contributed by atoms with Crippen LogP contribution in [-0.2, 0) is 6.61 Å². The van der Waals surface area contributed by atoms with Gasteiger partial charge in [-0.15, -0.1) is 0 Å². The summed E-state index contributed by atoms with van der Waals surface area (Å²) in [4.78, 5) is 19.9. The van der Waals surface area contributed by atoms with Crippen molar-refractivity contribution < 1.29 is 19.7 Å². The van der Waals surface area contributed by atoms with Crippen molar-refractivity contribution in [1.29, 1.82) is 0 Å². The van der Waals surface area contributed by atoms with Gasteiger partial charge < -0.3 is 14.5 Å². The smallest absolute Gasteiger partial charge is 0.185 e. The SMILES string of the molecule is [2H]C(=O)c1ccc(-c2ccc3ncnc(Nc4ccc(OCc5cccc(F)c5)c(Cl)c4)c3c2)o1. The first-order chi connectivity index (χ1) is 17.0. The molecule has 5 rings (SSSR count). The molecule has 0 saturated carbocycles. The maximum absolute atomic E-state index is 13.4. The lowest BCUT2D eigenvalue weighted by Crippen LogP contribution is -1.98.